The summed E-state index contributed by atoms with van der Waals surface area (Å²) in [6.07, 6.45) is 11.6. The fourth-order valence-electron chi connectivity index (χ4n) is 3.78. The minimum Gasteiger partial charge on any atom is -0.491 e. The summed E-state index contributed by atoms with van der Waals surface area (Å²) in [5, 5.41) is 0. The molecule has 2 aliphatic rings. The van der Waals surface area contributed by atoms with Crippen molar-refractivity contribution in [3.63, 3.8) is 0 Å². The Labute approximate surface area is 155 Å². The quantitative estimate of drug-likeness (QED) is 0.666. The van der Waals surface area contributed by atoms with Crippen molar-refractivity contribution in [3.8, 4) is 11.5 Å². The van der Waals surface area contributed by atoms with Gasteiger partial charge in [0.25, 0.3) is 0 Å². The van der Waals surface area contributed by atoms with E-state index in [1.165, 1.54) is 38.1 Å². The van der Waals surface area contributed by atoms with Crippen LogP contribution in [0.4, 0.5) is 8.78 Å². The van der Waals surface area contributed by atoms with E-state index < -0.39 is 11.6 Å². The molecule has 1 aromatic carbocycles. The van der Waals surface area contributed by atoms with Crippen molar-refractivity contribution in [3.05, 3.63) is 36.0 Å². The van der Waals surface area contributed by atoms with Crippen molar-refractivity contribution in [2.75, 3.05) is 26.3 Å². The smallest absolute Gasteiger partial charge is 0.204 e. The zero-order valence-electron chi connectivity index (χ0n) is 15.6. The minimum absolute atomic E-state index is 0.0259. The number of allylic oxidation sites excluding steroid dienone is 1. The van der Waals surface area contributed by atoms with E-state index in [9.17, 15) is 8.78 Å². The Bertz CT molecular complexity index is 606. The number of ether oxygens (including phenoxy) is 2. The molecule has 0 amide bonds. The number of hydrogen-bond acceptors (Lipinski definition) is 3. The SMILES string of the molecule is CCOc1ccc(OCC2CCC(/C=C/N3CCCC3)CC2)c(F)c1F. The Hall–Kier alpha value is -1.78. The largest absolute Gasteiger partial charge is 0.491 e. The molecule has 1 aromatic rings. The van der Waals surface area contributed by atoms with Crippen LogP contribution in [0.2, 0.25) is 0 Å². The van der Waals surface area contributed by atoms with E-state index in [1.807, 2.05) is 0 Å². The van der Waals surface area contributed by atoms with E-state index in [0.717, 1.165) is 25.7 Å². The van der Waals surface area contributed by atoms with Crippen LogP contribution in [0.15, 0.2) is 24.4 Å². The number of nitrogens with zero attached hydrogens (tertiary/aromatic N) is 1. The van der Waals surface area contributed by atoms with E-state index in [4.69, 9.17) is 9.47 Å². The first kappa shape index (κ1) is 19.0. The normalized spacial score (nSPS) is 23.6. The molecule has 0 atom stereocenters. The lowest BCUT2D eigenvalue weighted by molar-refractivity contribution is 0.186. The topological polar surface area (TPSA) is 21.7 Å². The van der Waals surface area contributed by atoms with Gasteiger partial charge in [-0.15, -0.1) is 0 Å². The zero-order chi connectivity index (χ0) is 18.4. The lowest BCUT2D eigenvalue weighted by Crippen LogP contribution is -2.20. The van der Waals surface area contributed by atoms with Gasteiger partial charge in [0, 0.05) is 13.1 Å². The van der Waals surface area contributed by atoms with Gasteiger partial charge in [-0.25, -0.2) is 0 Å². The third-order valence-electron chi connectivity index (χ3n) is 5.39. The Morgan fingerprint density at radius 3 is 2.23 bits per heavy atom. The van der Waals surface area contributed by atoms with E-state index in [0.29, 0.717) is 25.0 Å². The van der Waals surface area contributed by atoms with Crippen LogP contribution in [0.3, 0.4) is 0 Å². The van der Waals surface area contributed by atoms with Crippen LogP contribution in [-0.2, 0) is 0 Å². The molecule has 1 saturated carbocycles. The van der Waals surface area contributed by atoms with E-state index in [-0.39, 0.29) is 11.5 Å². The van der Waals surface area contributed by atoms with Gasteiger partial charge in [-0.1, -0.05) is 6.08 Å². The Morgan fingerprint density at radius 1 is 1.00 bits per heavy atom. The van der Waals surface area contributed by atoms with Crippen molar-refractivity contribution in [1.82, 2.24) is 4.90 Å². The number of hydrogen-bond donors (Lipinski definition) is 0. The first-order valence-corrected chi connectivity index (χ1v) is 9.83. The van der Waals surface area contributed by atoms with Crippen molar-refractivity contribution < 1.29 is 18.3 Å². The maximum Gasteiger partial charge on any atom is 0.204 e. The average molecular weight is 365 g/mol. The van der Waals surface area contributed by atoms with Gasteiger partial charge in [0.1, 0.15) is 0 Å². The molecule has 0 spiro atoms. The number of benzene rings is 1. The van der Waals surface area contributed by atoms with Gasteiger partial charge in [-0.2, -0.15) is 8.78 Å². The standard InChI is InChI=1S/C21H29F2NO2/c1-2-25-18-9-10-19(21(23)20(18)22)26-15-17-7-5-16(6-8-17)11-14-24-12-3-4-13-24/h9-11,14,16-17H,2-8,12-13,15H2,1H3/b14-11+. The fourth-order valence-corrected chi connectivity index (χ4v) is 3.78. The molecular formula is C21H29F2NO2. The monoisotopic (exact) mass is 365 g/mol. The van der Waals surface area contributed by atoms with Gasteiger partial charge in [0.2, 0.25) is 11.6 Å². The highest BCUT2D eigenvalue weighted by molar-refractivity contribution is 5.35. The molecule has 144 valence electrons. The van der Waals surface area contributed by atoms with Crippen LogP contribution in [0, 0.1) is 23.5 Å². The molecule has 0 aromatic heterocycles. The molecule has 0 bridgehead atoms. The highest BCUT2D eigenvalue weighted by atomic mass is 19.2. The molecule has 3 nitrogen and oxygen atoms in total. The molecule has 1 aliphatic heterocycles. The third kappa shape index (κ3) is 4.89. The van der Waals surface area contributed by atoms with Gasteiger partial charge in [-0.05, 0) is 75.6 Å². The highest BCUT2D eigenvalue weighted by Crippen LogP contribution is 2.32. The molecule has 0 unspecified atom stereocenters. The molecule has 0 N–H and O–H groups in total. The zero-order valence-corrected chi connectivity index (χ0v) is 15.6. The first-order valence-electron chi connectivity index (χ1n) is 9.83. The molecule has 1 aliphatic carbocycles. The van der Waals surface area contributed by atoms with Gasteiger partial charge >= 0.3 is 0 Å². The molecule has 0 radical (unpaired) electrons. The van der Waals surface area contributed by atoms with Crippen LogP contribution in [0.5, 0.6) is 11.5 Å². The van der Waals surface area contributed by atoms with E-state index in [1.54, 1.807) is 6.92 Å². The van der Waals surface area contributed by atoms with Crippen LogP contribution in [0.1, 0.15) is 45.4 Å². The van der Waals surface area contributed by atoms with Gasteiger partial charge in [-0.3, -0.25) is 0 Å². The van der Waals surface area contributed by atoms with Crippen molar-refractivity contribution in [1.29, 1.82) is 0 Å². The summed E-state index contributed by atoms with van der Waals surface area (Å²) in [4.78, 5) is 2.40. The summed E-state index contributed by atoms with van der Waals surface area (Å²) in [6, 6.07) is 2.88. The second-order valence-corrected chi connectivity index (χ2v) is 7.30. The van der Waals surface area contributed by atoms with Crippen molar-refractivity contribution in [2.24, 2.45) is 11.8 Å². The predicted octanol–water partition coefficient (Wildman–Crippen LogP) is 5.16. The summed E-state index contributed by atoms with van der Waals surface area (Å²) in [5.74, 6) is -0.991. The molecule has 2 fully saturated rings. The molecule has 3 rings (SSSR count). The summed E-state index contributed by atoms with van der Waals surface area (Å²) < 4.78 is 38.6. The summed E-state index contributed by atoms with van der Waals surface area (Å²) in [6.45, 7) is 4.84. The van der Waals surface area contributed by atoms with Gasteiger partial charge < -0.3 is 14.4 Å². The number of rotatable bonds is 7. The van der Waals surface area contributed by atoms with Gasteiger partial charge in [0.05, 0.1) is 13.2 Å². The summed E-state index contributed by atoms with van der Waals surface area (Å²) >= 11 is 0. The van der Waals surface area contributed by atoms with Gasteiger partial charge in [0.15, 0.2) is 11.5 Å². The second kappa shape index (κ2) is 9.24. The molecule has 1 heterocycles. The van der Waals surface area contributed by atoms with Crippen molar-refractivity contribution in [2.45, 2.75) is 45.4 Å². The highest BCUT2D eigenvalue weighted by Gasteiger charge is 2.22. The van der Waals surface area contributed by atoms with Crippen LogP contribution in [0.25, 0.3) is 0 Å². The lowest BCUT2D eigenvalue weighted by atomic mass is 9.82. The average Bonchev–Trinajstić information content (AvgIpc) is 3.18. The molecule has 26 heavy (non-hydrogen) atoms. The van der Waals surface area contributed by atoms with Crippen LogP contribution >= 0.6 is 0 Å². The Kier molecular flexibility index (Phi) is 6.75. The first-order chi connectivity index (χ1) is 12.7. The maximum absolute atomic E-state index is 14.1. The van der Waals surface area contributed by atoms with E-state index >= 15 is 0 Å². The third-order valence-corrected chi connectivity index (χ3v) is 5.39. The van der Waals surface area contributed by atoms with Crippen LogP contribution < -0.4 is 9.47 Å². The van der Waals surface area contributed by atoms with E-state index in [2.05, 4.69) is 17.2 Å². The lowest BCUT2D eigenvalue weighted by Gasteiger charge is -2.27. The molecule has 5 heteroatoms. The maximum atomic E-state index is 14.1. The molecule has 1 saturated heterocycles. The van der Waals surface area contributed by atoms with Crippen LogP contribution in [-0.4, -0.2) is 31.2 Å². The Morgan fingerprint density at radius 2 is 1.62 bits per heavy atom. The van der Waals surface area contributed by atoms with Crippen molar-refractivity contribution >= 4 is 0 Å². The minimum atomic E-state index is -0.972. The fraction of sp³-hybridized carbons (Fsp3) is 0.619. The summed E-state index contributed by atoms with van der Waals surface area (Å²) in [5.41, 5.74) is 0. The second-order valence-electron chi connectivity index (χ2n) is 7.30. The number of likely N-dealkylation sites (tertiary alicyclic amines) is 1. The summed E-state index contributed by atoms with van der Waals surface area (Å²) in [7, 11) is 0. The molecular weight excluding hydrogens is 336 g/mol. The Balaban J connectivity index is 1.44. The number of halogens is 2. The predicted molar refractivity (Wildman–Crippen MR) is 98.4 cm³/mol.